The van der Waals surface area contributed by atoms with Crippen molar-refractivity contribution in [2.75, 3.05) is 13.2 Å². The van der Waals surface area contributed by atoms with Gasteiger partial charge < -0.3 is 14.9 Å². The molecule has 1 aromatic carbocycles. The van der Waals surface area contributed by atoms with Crippen LogP contribution >= 0.6 is 0 Å². The number of hydrogen-bond acceptors (Lipinski definition) is 3. The monoisotopic (exact) mass is 290 g/mol. The lowest BCUT2D eigenvalue weighted by molar-refractivity contribution is 0.00635. The molecule has 0 aromatic heterocycles. The van der Waals surface area contributed by atoms with Crippen LogP contribution < -0.4 is 4.74 Å². The normalized spacial score (nSPS) is 20.3. The second kappa shape index (κ2) is 7.10. The first kappa shape index (κ1) is 16.1. The average Bonchev–Trinajstić information content (AvgIpc) is 2.53. The molecule has 1 aliphatic rings. The number of allylic oxidation sites excluding steroid dienone is 2. The minimum atomic E-state index is -0.681. The predicted octanol–water partition coefficient (Wildman–Crippen LogP) is 3.47. The van der Waals surface area contributed by atoms with Crippen molar-refractivity contribution in [1.29, 1.82) is 0 Å². The zero-order valence-electron chi connectivity index (χ0n) is 13.0. The topological polar surface area (TPSA) is 49.7 Å². The predicted molar refractivity (Wildman–Crippen MR) is 84.2 cm³/mol. The quantitative estimate of drug-likeness (QED) is 0.789. The molecular formula is C18H26O3. The van der Waals surface area contributed by atoms with Gasteiger partial charge in [-0.15, -0.1) is 0 Å². The summed E-state index contributed by atoms with van der Waals surface area (Å²) in [7, 11) is 0. The summed E-state index contributed by atoms with van der Waals surface area (Å²) < 4.78 is 5.83. The van der Waals surface area contributed by atoms with Gasteiger partial charge in [-0.2, -0.15) is 0 Å². The highest BCUT2D eigenvalue weighted by Gasteiger charge is 2.28. The van der Waals surface area contributed by atoms with Gasteiger partial charge in [0.15, 0.2) is 0 Å². The fraction of sp³-hybridized carbons (Fsp3) is 0.556. The summed E-state index contributed by atoms with van der Waals surface area (Å²) in [6.45, 7) is 4.38. The van der Waals surface area contributed by atoms with E-state index in [0.717, 1.165) is 30.8 Å². The molecular weight excluding hydrogens is 264 g/mol. The van der Waals surface area contributed by atoms with E-state index < -0.39 is 11.5 Å². The lowest BCUT2D eigenvalue weighted by Gasteiger charge is -2.28. The van der Waals surface area contributed by atoms with E-state index in [-0.39, 0.29) is 6.61 Å². The molecule has 0 saturated carbocycles. The van der Waals surface area contributed by atoms with Gasteiger partial charge in [-0.25, -0.2) is 0 Å². The Morgan fingerprint density at radius 3 is 2.52 bits per heavy atom. The third-order valence-corrected chi connectivity index (χ3v) is 4.21. The number of benzene rings is 1. The first-order chi connectivity index (χ1) is 10.0. The van der Waals surface area contributed by atoms with Gasteiger partial charge in [0.25, 0.3) is 0 Å². The fourth-order valence-electron chi connectivity index (χ4n) is 2.51. The lowest BCUT2D eigenvalue weighted by Crippen LogP contribution is -2.25. The van der Waals surface area contributed by atoms with Gasteiger partial charge >= 0.3 is 0 Å². The molecule has 21 heavy (non-hydrogen) atoms. The van der Waals surface area contributed by atoms with Crippen molar-refractivity contribution in [3.05, 3.63) is 42.0 Å². The number of hydrogen-bond donors (Lipinski definition) is 2. The summed E-state index contributed by atoms with van der Waals surface area (Å²) in [5.74, 6) is 1.44. The van der Waals surface area contributed by atoms with E-state index in [4.69, 9.17) is 4.74 Å². The maximum Gasteiger partial charge on any atom is 0.119 e. The second-order valence-corrected chi connectivity index (χ2v) is 6.58. The van der Waals surface area contributed by atoms with E-state index in [1.54, 1.807) is 0 Å². The van der Waals surface area contributed by atoms with Crippen LogP contribution in [0, 0.1) is 11.3 Å². The molecule has 1 aromatic rings. The molecule has 2 N–H and O–H groups in total. The lowest BCUT2D eigenvalue weighted by atomic mass is 9.83. The minimum Gasteiger partial charge on any atom is -0.493 e. The van der Waals surface area contributed by atoms with E-state index >= 15 is 0 Å². The molecule has 0 spiro atoms. The summed E-state index contributed by atoms with van der Waals surface area (Å²) in [4.78, 5) is 0. The van der Waals surface area contributed by atoms with Crippen molar-refractivity contribution in [2.24, 2.45) is 11.3 Å². The van der Waals surface area contributed by atoms with Crippen LogP contribution in [0.15, 0.2) is 36.4 Å². The highest BCUT2D eigenvalue weighted by atomic mass is 16.5. The first-order valence-corrected chi connectivity index (χ1v) is 7.69. The van der Waals surface area contributed by atoms with Gasteiger partial charge in [0.2, 0.25) is 0 Å². The van der Waals surface area contributed by atoms with Crippen LogP contribution in [0.5, 0.6) is 5.75 Å². The Balaban J connectivity index is 1.91. The number of aliphatic hydroxyl groups excluding tert-OH is 2. The second-order valence-electron chi connectivity index (χ2n) is 6.58. The zero-order valence-corrected chi connectivity index (χ0v) is 13.0. The molecule has 0 radical (unpaired) electrons. The van der Waals surface area contributed by atoms with Crippen molar-refractivity contribution in [3.63, 3.8) is 0 Å². The van der Waals surface area contributed by atoms with Crippen LogP contribution in [0.3, 0.4) is 0 Å². The molecule has 0 saturated heterocycles. The number of ether oxygens (including phenoxy) is 1. The van der Waals surface area contributed by atoms with Crippen molar-refractivity contribution in [2.45, 2.75) is 39.2 Å². The minimum absolute atomic E-state index is 0.0540. The molecule has 0 aliphatic heterocycles. The number of aliphatic hydroxyl groups is 2. The summed E-state index contributed by atoms with van der Waals surface area (Å²) in [6.07, 6.45) is 7.22. The summed E-state index contributed by atoms with van der Waals surface area (Å²) in [5, 5.41) is 19.6. The molecule has 0 amide bonds. The third-order valence-electron chi connectivity index (χ3n) is 4.21. The van der Waals surface area contributed by atoms with E-state index in [1.807, 2.05) is 38.1 Å². The maximum atomic E-state index is 10.3. The summed E-state index contributed by atoms with van der Waals surface area (Å²) >= 11 is 0. The Morgan fingerprint density at radius 2 is 1.95 bits per heavy atom. The van der Waals surface area contributed by atoms with E-state index in [9.17, 15) is 10.2 Å². The van der Waals surface area contributed by atoms with Gasteiger partial charge in [-0.3, -0.25) is 0 Å². The molecule has 2 atom stereocenters. The summed E-state index contributed by atoms with van der Waals surface area (Å²) in [6, 6.07) is 7.53. The molecule has 0 heterocycles. The fourth-order valence-corrected chi connectivity index (χ4v) is 2.51. The standard InChI is InChI=1S/C18H26O3/c1-18(2,13-19)17(20)15-8-10-16(11-9-15)21-12-14-6-4-3-5-7-14/h3-4,8-11,14,17,19-20H,5-7,12-13H2,1-2H3. The van der Waals surface area contributed by atoms with Gasteiger partial charge in [-0.1, -0.05) is 38.1 Å². The van der Waals surface area contributed by atoms with Crippen molar-refractivity contribution < 1.29 is 14.9 Å². The Kier molecular flexibility index (Phi) is 5.43. The van der Waals surface area contributed by atoms with E-state index in [1.165, 1.54) is 6.42 Å². The van der Waals surface area contributed by atoms with Crippen molar-refractivity contribution in [1.82, 2.24) is 0 Å². The Bertz CT molecular complexity index is 462. The maximum absolute atomic E-state index is 10.3. The first-order valence-electron chi connectivity index (χ1n) is 7.69. The molecule has 2 unspecified atom stereocenters. The Labute approximate surface area is 127 Å². The largest absolute Gasteiger partial charge is 0.493 e. The van der Waals surface area contributed by atoms with Crippen molar-refractivity contribution in [3.8, 4) is 5.75 Å². The van der Waals surface area contributed by atoms with Crippen LogP contribution in [0.2, 0.25) is 0 Å². The SMILES string of the molecule is CC(C)(CO)C(O)c1ccc(OCC2CC=CCC2)cc1. The van der Waals surface area contributed by atoms with Crippen LogP contribution in [0.1, 0.15) is 44.8 Å². The van der Waals surface area contributed by atoms with Crippen molar-refractivity contribution >= 4 is 0 Å². The molecule has 3 nitrogen and oxygen atoms in total. The molecule has 2 rings (SSSR count). The highest BCUT2D eigenvalue weighted by Crippen LogP contribution is 2.33. The average molecular weight is 290 g/mol. The van der Waals surface area contributed by atoms with E-state index in [0.29, 0.717) is 5.92 Å². The van der Waals surface area contributed by atoms with Gasteiger partial charge in [0.1, 0.15) is 5.75 Å². The van der Waals surface area contributed by atoms with Gasteiger partial charge in [-0.05, 0) is 42.9 Å². The van der Waals surface area contributed by atoms with E-state index in [2.05, 4.69) is 12.2 Å². The van der Waals surface area contributed by atoms with Gasteiger partial charge in [0.05, 0.1) is 19.3 Å². The molecule has 1 aliphatic carbocycles. The molecule has 0 bridgehead atoms. The Morgan fingerprint density at radius 1 is 1.24 bits per heavy atom. The Hall–Kier alpha value is -1.32. The van der Waals surface area contributed by atoms with Crippen LogP contribution in [-0.4, -0.2) is 23.4 Å². The molecule has 116 valence electrons. The molecule has 0 fully saturated rings. The third kappa shape index (κ3) is 4.32. The number of rotatable bonds is 6. The highest BCUT2D eigenvalue weighted by molar-refractivity contribution is 5.29. The smallest absolute Gasteiger partial charge is 0.119 e. The van der Waals surface area contributed by atoms with Crippen LogP contribution in [0.25, 0.3) is 0 Å². The summed E-state index contributed by atoms with van der Waals surface area (Å²) in [5.41, 5.74) is 0.263. The molecule has 3 heteroatoms. The van der Waals surface area contributed by atoms with Crippen LogP contribution in [0.4, 0.5) is 0 Å². The van der Waals surface area contributed by atoms with Gasteiger partial charge in [0, 0.05) is 5.41 Å². The zero-order chi connectivity index (χ0) is 15.3. The van der Waals surface area contributed by atoms with Crippen LogP contribution in [-0.2, 0) is 0 Å².